The van der Waals surface area contributed by atoms with Gasteiger partial charge in [0.25, 0.3) is 5.92 Å². The van der Waals surface area contributed by atoms with Gasteiger partial charge in [0.1, 0.15) is 17.4 Å². The third kappa shape index (κ3) is 2.44. The lowest BCUT2D eigenvalue weighted by Gasteiger charge is -2.17. The Labute approximate surface area is 89.5 Å². The second kappa shape index (κ2) is 4.69. The fourth-order valence-electron chi connectivity index (χ4n) is 1.28. The summed E-state index contributed by atoms with van der Waals surface area (Å²) in [6.45, 7) is -0.863. The molecule has 0 bridgehead atoms. The average molecular weight is 238 g/mol. The van der Waals surface area contributed by atoms with Gasteiger partial charge in [-0.05, 0) is 0 Å². The molecule has 0 unspecified atom stereocenters. The fourth-order valence-corrected chi connectivity index (χ4v) is 1.28. The van der Waals surface area contributed by atoms with Crippen LogP contribution in [0.25, 0.3) is 0 Å². The molecule has 1 aromatic rings. The van der Waals surface area contributed by atoms with Crippen molar-refractivity contribution in [3.05, 3.63) is 29.3 Å². The highest BCUT2D eigenvalue weighted by Gasteiger charge is 2.37. The van der Waals surface area contributed by atoms with Gasteiger partial charge >= 0.3 is 0 Å². The second-order valence-corrected chi connectivity index (χ2v) is 3.14. The van der Waals surface area contributed by atoms with Crippen molar-refractivity contribution in [3.63, 3.8) is 0 Å². The van der Waals surface area contributed by atoms with Crippen LogP contribution in [0.4, 0.5) is 17.6 Å². The minimum Gasteiger partial charge on any atom is -0.497 e. The monoisotopic (exact) mass is 238 g/mol. The third-order valence-electron chi connectivity index (χ3n) is 2.04. The van der Waals surface area contributed by atoms with Crippen molar-refractivity contribution in [1.29, 1.82) is 0 Å². The summed E-state index contributed by atoms with van der Waals surface area (Å²) in [7, 11) is 1.17. The van der Waals surface area contributed by atoms with Gasteiger partial charge in [-0.2, -0.15) is 0 Å². The predicted molar refractivity (Wildman–Crippen MR) is 48.5 cm³/mol. The summed E-state index contributed by atoms with van der Waals surface area (Å²) in [6, 6.07) is 1.34. The topological polar surface area (TPSA) is 29.5 Å². The lowest BCUT2D eigenvalue weighted by atomic mass is 10.0. The Morgan fingerprint density at radius 1 is 1.25 bits per heavy atom. The van der Waals surface area contributed by atoms with Gasteiger partial charge in [0.15, 0.2) is 0 Å². The van der Waals surface area contributed by atoms with E-state index in [1.165, 1.54) is 7.11 Å². The molecule has 0 aliphatic heterocycles. The van der Waals surface area contributed by atoms with Gasteiger partial charge in [-0.3, -0.25) is 0 Å². The van der Waals surface area contributed by atoms with E-state index in [4.69, 9.17) is 5.11 Å². The molecule has 0 saturated heterocycles. The molecule has 2 nitrogen and oxygen atoms in total. The van der Waals surface area contributed by atoms with Crippen LogP contribution in [0.5, 0.6) is 5.75 Å². The van der Waals surface area contributed by atoms with Crippen LogP contribution < -0.4 is 4.74 Å². The van der Waals surface area contributed by atoms with Gasteiger partial charge in [-0.1, -0.05) is 0 Å². The van der Waals surface area contributed by atoms with Gasteiger partial charge in [0.2, 0.25) is 0 Å². The highest BCUT2D eigenvalue weighted by atomic mass is 19.3. The summed E-state index contributed by atoms with van der Waals surface area (Å²) < 4.78 is 57.5. The molecule has 1 N–H and O–H groups in total. The van der Waals surface area contributed by atoms with Crippen LogP contribution in [0.1, 0.15) is 12.0 Å². The van der Waals surface area contributed by atoms with Gasteiger partial charge in [-0.25, -0.2) is 17.6 Å². The molecule has 0 fully saturated rings. The molecule has 0 spiro atoms. The normalized spacial score (nSPS) is 11.6. The largest absolute Gasteiger partial charge is 0.497 e. The van der Waals surface area contributed by atoms with E-state index in [-0.39, 0.29) is 5.75 Å². The Kier molecular flexibility index (Phi) is 3.74. The quantitative estimate of drug-likeness (QED) is 0.816. The predicted octanol–water partition coefficient (Wildman–Crippen LogP) is 2.45. The lowest BCUT2D eigenvalue weighted by molar-refractivity contribution is -0.0332. The number of benzene rings is 1. The highest BCUT2D eigenvalue weighted by Crippen LogP contribution is 2.36. The molecule has 0 amide bonds. The van der Waals surface area contributed by atoms with Gasteiger partial charge in [-0.15, -0.1) is 0 Å². The summed E-state index contributed by atoms with van der Waals surface area (Å²) >= 11 is 0. The molecule has 0 aromatic heterocycles. The molecule has 6 heteroatoms. The van der Waals surface area contributed by atoms with E-state index in [1.54, 1.807) is 0 Å². The zero-order valence-electron chi connectivity index (χ0n) is 8.44. The first-order chi connectivity index (χ1) is 7.42. The smallest absolute Gasteiger partial charge is 0.281 e. The molecular weight excluding hydrogens is 228 g/mol. The number of rotatable bonds is 4. The van der Waals surface area contributed by atoms with E-state index in [9.17, 15) is 17.6 Å². The van der Waals surface area contributed by atoms with Gasteiger partial charge < -0.3 is 9.84 Å². The minimum atomic E-state index is -3.74. The van der Waals surface area contributed by atoms with Crippen LogP contribution in [0.2, 0.25) is 0 Å². The molecule has 0 atom stereocenters. The van der Waals surface area contributed by atoms with E-state index >= 15 is 0 Å². The van der Waals surface area contributed by atoms with E-state index in [0.29, 0.717) is 12.1 Å². The first-order valence-corrected chi connectivity index (χ1v) is 4.44. The fraction of sp³-hybridized carbons (Fsp3) is 0.400. The Hall–Kier alpha value is -1.30. The number of alkyl halides is 2. The minimum absolute atomic E-state index is 0.182. The summed E-state index contributed by atoms with van der Waals surface area (Å²) in [5, 5.41) is 8.40. The first kappa shape index (κ1) is 12.8. The number of methoxy groups -OCH3 is 1. The van der Waals surface area contributed by atoms with Crippen LogP contribution in [0.3, 0.4) is 0 Å². The highest BCUT2D eigenvalue weighted by molar-refractivity contribution is 5.33. The molecule has 90 valence electrons. The molecule has 0 aliphatic rings. The van der Waals surface area contributed by atoms with Crippen LogP contribution in [-0.2, 0) is 5.92 Å². The SMILES string of the molecule is COc1cc(F)c(C(F)(F)CCO)c(F)c1. The molecule has 0 heterocycles. The molecule has 0 saturated carbocycles. The second-order valence-electron chi connectivity index (χ2n) is 3.14. The summed E-state index contributed by atoms with van der Waals surface area (Å²) in [5.41, 5.74) is -1.35. The summed E-state index contributed by atoms with van der Waals surface area (Å²) in [4.78, 5) is 0. The maximum atomic E-state index is 13.2. The average Bonchev–Trinajstić information content (AvgIpc) is 2.15. The lowest BCUT2D eigenvalue weighted by Crippen LogP contribution is -2.19. The van der Waals surface area contributed by atoms with Gasteiger partial charge in [0, 0.05) is 25.2 Å². The number of aliphatic hydroxyl groups excluding tert-OH is 1. The van der Waals surface area contributed by atoms with Crippen molar-refractivity contribution in [2.75, 3.05) is 13.7 Å². The number of hydrogen-bond donors (Lipinski definition) is 1. The number of aliphatic hydroxyl groups is 1. The van der Waals surface area contributed by atoms with Crippen molar-refractivity contribution in [3.8, 4) is 5.75 Å². The first-order valence-electron chi connectivity index (χ1n) is 4.44. The van der Waals surface area contributed by atoms with E-state index < -0.39 is 36.1 Å². The Balaban J connectivity index is 3.23. The third-order valence-corrected chi connectivity index (χ3v) is 2.04. The van der Waals surface area contributed by atoms with Gasteiger partial charge in [0.05, 0.1) is 12.7 Å². The van der Waals surface area contributed by atoms with Crippen molar-refractivity contribution >= 4 is 0 Å². The maximum Gasteiger partial charge on any atom is 0.281 e. The Morgan fingerprint density at radius 3 is 2.12 bits per heavy atom. The zero-order chi connectivity index (χ0) is 12.3. The number of halogens is 4. The number of hydrogen-bond acceptors (Lipinski definition) is 2. The maximum absolute atomic E-state index is 13.2. The van der Waals surface area contributed by atoms with E-state index in [2.05, 4.69) is 4.74 Å². The molecular formula is C10H10F4O2. The molecule has 1 rings (SSSR count). The number of ether oxygens (including phenoxy) is 1. The Bertz CT molecular complexity index is 356. The zero-order valence-corrected chi connectivity index (χ0v) is 8.44. The summed E-state index contributed by atoms with van der Waals surface area (Å²) in [5.74, 6) is -6.71. The van der Waals surface area contributed by atoms with Crippen LogP contribution in [0, 0.1) is 11.6 Å². The summed E-state index contributed by atoms with van der Waals surface area (Å²) in [6.07, 6.45) is -1.03. The van der Waals surface area contributed by atoms with Crippen LogP contribution in [0.15, 0.2) is 12.1 Å². The van der Waals surface area contributed by atoms with Crippen LogP contribution in [-0.4, -0.2) is 18.8 Å². The van der Waals surface area contributed by atoms with Crippen molar-refractivity contribution in [1.82, 2.24) is 0 Å². The van der Waals surface area contributed by atoms with E-state index in [1.807, 2.05) is 0 Å². The Morgan fingerprint density at radius 2 is 1.75 bits per heavy atom. The van der Waals surface area contributed by atoms with Crippen molar-refractivity contribution in [2.45, 2.75) is 12.3 Å². The standard InChI is InChI=1S/C10H10F4O2/c1-16-6-4-7(11)9(8(12)5-6)10(13,14)2-3-15/h4-5,15H,2-3H2,1H3. The van der Waals surface area contributed by atoms with Crippen molar-refractivity contribution < 1.29 is 27.4 Å². The molecule has 1 aromatic carbocycles. The van der Waals surface area contributed by atoms with E-state index in [0.717, 1.165) is 0 Å². The van der Waals surface area contributed by atoms with Crippen molar-refractivity contribution in [2.24, 2.45) is 0 Å². The molecule has 0 aliphatic carbocycles. The molecule has 16 heavy (non-hydrogen) atoms. The molecule has 0 radical (unpaired) electrons. The van der Waals surface area contributed by atoms with Crippen LogP contribution >= 0.6 is 0 Å².